The topological polar surface area (TPSA) is 257 Å². The highest BCUT2D eigenvalue weighted by Crippen LogP contribution is 2.11. The second-order valence-electron chi connectivity index (χ2n) is 7.84. The third-order valence-corrected chi connectivity index (χ3v) is 4.81. The third-order valence-electron chi connectivity index (χ3n) is 4.81. The number of benzene rings is 1. The van der Waals surface area contributed by atoms with Crippen LogP contribution in [0.1, 0.15) is 31.7 Å². The minimum Gasteiger partial charge on any atom is -0.508 e. The summed E-state index contributed by atoms with van der Waals surface area (Å²) < 4.78 is 0. The maximum atomic E-state index is 12.8. The fourth-order valence-electron chi connectivity index (χ4n) is 2.87. The van der Waals surface area contributed by atoms with E-state index in [0.717, 1.165) is 0 Å². The summed E-state index contributed by atoms with van der Waals surface area (Å²) in [6.45, 7) is 1.19. The summed E-state index contributed by atoms with van der Waals surface area (Å²) in [6.07, 6.45) is -1.16. The molecule has 14 nitrogen and oxygen atoms in total. The van der Waals surface area contributed by atoms with Crippen molar-refractivity contribution in [3.63, 3.8) is 0 Å². The normalized spacial score (nSPS) is 14.0. The van der Waals surface area contributed by atoms with Gasteiger partial charge >= 0.3 is 5.97 Å². The van der Waals surface area contributed by atoms with Crippen LogP contribution in [0, 0.1) is 0 Å². The van der Waals surface area contributed by atoms with Gasteiger partial charge in [0.25, 0.3) is 0 Å². The van der Waals surface area contributed by atoms with Crippen LogP contribution >= 0.6 is 0 Å². The van der Waals surface area contributed by atoms with Crippen molar-refractivity contribution in [1.29, 1.82) is 0 Å². The predicted molar refractivity (Wildman–Crippen MR) is 121 cm³/mol. The SMILES string of the molecule is CC(NC(=O)C(CCC(N)=O)NC(=O)C(CC(N)=O)NC(=O)C(N)Cc1ccc(O)cc1)C(=O)O. The Labute approximate surface area is 200 Å². The summed E-state index contributed by atoms with van der Waals surface area (Å²) >= 11 is 0. The molecule has 0 saturated carbocycles. The number of phenols is 1. The Morgan fingerprint density at radius 3 is 1.91 bits per heavy atom. The average molecular weight is 495 g/mol. The molecule has 0 saturated heterocycles. The molecular formula is C21H30N6O8. The van der Waals surface area contributed by atoms with Crippen LogP contribution in [0.2, 0.25) is 0 Å². The van der Waals surface area contributed by atoms with Crippen LogP contribution in [0.5, 0.6) is 5.75 Å². The zero-order valence-corrected chi connectivity index (χ0v) is 19.0. The Kier molecular flexibility index (Phi) is 11.1. The van der Waals surface area contributed by atoms with Gasteiger partial charge in [-0.1, -0.05) is 12.1 Å². The smallest absolute Gasteiger partial charge is 0.325 e. The van der Waals surface area contributed by atoms with Crippen LogP contribution in [-0.2, 0) is 35.2 Å². The second-order valence-corrected chi connectivity index (χ2v) is 7.84. The lowest BCUT2D eigenvalue weighted by Gasteiger charge is -2.24. The molecule has 0 aliphatic rings. The monoisotopic (exact) mass is 494 g/mol. The maximum Gasteiger partial charge on any atom is 0.325 e. The largest absolute Gasteiger partial charge is 0.508 e. The van der Waals surface area contributed by atoms with E-state index >= 15 is 0 Å². The first-order valence-electron chi connectivity index (χ1n) is 10.5. The molecule has 4 unspecified atom stereocenters. The van der Waals surface area contributed by atoms with E-state index in [1.54, 1.807) is 12.1 Å². The van der Waals surface area contributed by atoms with Crippen LogP contribution < -0.4 is 33.2 Å². The van der Waals surface area contributed by atoms with Crippen LogP contribution in [0.3, 0.4) is 0 Å². The standard InChI is InChI=1S/C21H30N6O8/c1-10(21(34)35)25-19(32)14(6-7-16(23)29)26-20(33)15(9-17(24)30)27-18(31)13(22)8-11-2-4-12(28)5-3-11/h2-5,10,13-15,28H,6-9,22H2,1H3,(H2,23,29)(H2,24,30)(H,25,32)(H,26,33)(H,27,31)(H,34,35). The zero-order chi connectivity index (χ0) is 26.7. The van der Waals surface area contributed by atoms with Gasteiger partial charge in [0.05, 0.1) is 12.5 Å². The van der Waals surface area contributed by atoms with Crippen LogP contribution in [0.25, 0.3) is 0 Å². The molecule has 0 radical (unpaired) electrons. The zero-order valence-electron chi connectivity index (χ0n) is 19.0. The minimum atomic E-state index is -1.51. The van der Waals surface area contributed by atoms with Gasteiger partial charge in [0.2, 0.25) is 29.5 Å². The lowest BCUT2D eigenvalue weighted by atomic mass is 10.0. The minimum absolute atomic E-state index is 0.0256. The van der Waals surface area contributed by atoms with E-state index in [1.807, 2.05) is 0 Å². The molecule has 0 aliphatic heterocycles. The molecule has 14 heteroatoms. The van der Waals surface area contributed by atoms with Crippen molar-refractivity contribution < 1.29 is 39.0 Å². The van der Waals surface area contributed by atoms with Crippen molar-refractivity contribution >= 4 is 35.5 Å². The number of carboxylic acids is 1. The molecule has 35 heavy (non-hydrogen) atoms. The van der Waals surface area contributed by atoms with Crippen LogP contribution in [0.4, 0.5) is 0 Å². The van der Waals surface area contributed by atoms with Gasteiger partial charge in [-0.2, -0.15) is 0 Å². The number of carboxylic acid groups (broad SMARTS) is 1. The number of amides is 5. The molecule has 5 amide bonds. The molecule has 0 spiro atoms. The fraction of sp³-hybridized carbons (Fsp3) is 0.429. The Bertz CT molecular complexity index is 952. The second kappa shape index (κ2) is 13.5. The molecule has 0 aromatic heterocycles. The lowest BCUT2D eigenvalue weighted by molar-refractivity contribution is -0.142. The Morgan fingerprint density at radius 2 is 1.40 bits per heavy atom. The third kappa shape index (κ3) is 10.5. The predicted octanol–water partition coefficient (Wildman–Crippen LogP) is -3.04. The van der Waals surface area contributed by atoms with Crippen molar-refractivity contribution in [2.24, 2.45) is 17.2 Å². The average Bonchev–Trinajstić information content (AvgIpc) is 2.76. The first-order valence-corrected chi connectivity index (χ1v) is 10.5. The molecule has 0 bridgehead atoms. The lowest BCUT2D eigenvalue weighted by Crippen LogP contribution is -2.57. The van der Waals surface area contributed by atoms with E-state index in [0.29, 0.717) is 5.56 Å². The van der Waals surface area contributed by atoms with Crippen LogP contribution in [0.15, 0.2) is 24.3 Å². The van der Waals surface area contributed by atoms with E-state index in [4.69, 9.17) is 22.3 Å². The molecule has 11 N–H and O–H groups in total. The molecule has 192 valence electrons. The Balaban J connectivity index is 2.94. The summed E-state index contributed by atoms with van der Waals surface area (Å²) in [5.74, 6) is -5.71. The van der Waals surface area contributed by atoms with Gasteiger partial charge in [-0.15, -0.1) is 0 Å². The van der Waals surface area contributed by atoms with E-state index in [1.165, 1.54) is 19.1 Å². The maximum absolute atomic E-state index is 12.8. The van der Waals surface area contributed by atoms with Gasteiger partial charge in [0, 0.05) is 6.42 Å². The number of carbonyl (C=O) groups excluding carboxylic acids is 5. The van der Waals surface area contributed by atoms with Gasteiger partial charge in [-0.3, -0.25) is 28.8 Å². The van der Waals surface area contributed by atoms with Gasteiger partial charge in [0.1, 0.15) is 23.9 Å². The highest BCUT2D eigenvalue weighted by atomic mass is 16.4. The Morgan fingerprint density at radius 1 is 0.857 bits per heavy atom. The first-order chi connectivity index (χ1) is 16.3. The van der Waals surface area contributed by atoms with Crippen molar-refractivity contribution in [2.75, 3.05) is 0 Å². The highest BCUT2D eigenvalue weighted by molar-refractivity contribution is 5.96. The number of nitrogens with two attached hydrogens (primary N) is 3. The van der Waals surface area contributed by atoms with Gasteiger partial charge in [0.15, 0.2) is 0 Å². The quantitative estimate of drug-likeness (QED) is 0.130. The number of phenolic OH excluding ortho intramolecular Hbond substituents is 1. The summed E-state index contributed by atoms with van der Waals surface area (Å²) in [5.41, 5.74) is 16.8. The molecule has 0 aliphatic carbocycles. The number of aliphatic carboxylic acids is 1. The molecule has 1 rings (SSSR count). The molecule has 4 atom stereocenters. The molecule has 1 aromatic carbocycles. The number of primary amides is 2. The van der Waals surface area contributed by atoms with Crippen LogP contribution in [-0.4, -0.2) is 69.9 Å². The van der Waals surface area contributed by atoms with Gasteiger partial charge < -0.3 is 43.4 Å². The number of carbonyl (C=O) groups is 6. The molecule has 0 heterocycles. The van der Waals surface area contributed by atoms with E-state index in [2.05, 4.69) is 16.0 Å². The summed E-state index contributed by atoms with van der Waals surface area (Å²) in [4.78, 5) is 71.4. The molecular weight excluding hydrogens is 464 g/mol. The fourth-order valence-corrected chi connectivity index (χ4v) is 2.87. The number of hydrogen-bond acceptors (Lipinski definition) is 8. The van der Waals surface area contributed by atoms with Crippen molar-refractivity contribution in [3.05, 3.63) is 29.8 Å². The van der Waals surface area contributed by atoms with Crippen molar-refractivity contribution in [1.82, 2.24) is 16.0 Å². The summed E-state index contributed by atoms with van der Waals surface area (Å²) in [7, 11) is 0. The van der Waals surface area contributed by atoms with E-state index in [-0.39, 0.29) is 25.0 Å². The number of hydrogen-bond donors (Lipinski definition) is 8. The van der Waals surface area contributed by atoms with Crippen molar-refractivity contribution in [3.8, 4) is 5.75 Å². The summed E-state index contributed by atoms with van der Waals surface area (Å²) in [6, 6.07) is 0.591. The number of rotatable bonds is 14. The van der Waals surface area contributed by atoms with Gasteiger partial charge in [-0.25, -0.2) is 0 Å². The first kappa shape index (κ1) is 28.8. The molecule has 1 aromatic rings. The Hall–Kier alpha value is -4.20. The number of aromatic hydroxyl groups is 1. The van der Waals surface area contributed by atoms with Crippen molar-refractivity contribution in [2.45, 2.75) is 56.8 Å². The molecule has 0 fully saturated rings. The summed E-state index contributed by atoms with van der Waals surface area (Å²) in [5, 5.41) is 25.0. The number of nitrogens with one attached hydrogen (secondary N) is 3. The van der Waals surface area contributed by atoms with E-state index in [9.17, 15) is 33.9 Å². The van der Waals surface area contributed by atoms with E-state index < -0.39 is 66.1 Å². The van der Waals surface area contributed by atoms with Gasteiger partial charge in [-0.05, 0) is 37.5 Å². The highest BCUT2D eigenvalue weighted by Gasteiger charge is 2.30.